The molecule has 0 radical (unpaired) electrons. The smallest absolute Gasteiger partial charge is 0.323 e. The first-order valence-electron chi connectivity index (χ1n) is 13.9. The summed E-state index contributed by atoms with van der Waals surface area (Å²) in [6.07, 6.45) is 7.92. The van der Waals surface area contributed by atoms with E-state index in [0.717, 1.165) is 59.4 Å². The molecule has 5 nitrogen and oxygen atoms in total. The topological polar surface area (TPSA) is 67.8 Å². The van der Waals surface area contributed by atoms with Gasteiger partial charge in [-0.3, -0.25) is 14.6 Å². The molecule has 0 amide bonds. The van der Waals surface area contributed by atoms with Crippen molar-refractivity contribution in [1.82, 2.24) is 5.32 Å². The molecule has 1 saturated carbocycles. The summed E-state index contributed by atoms with van der Waals surface area (Å²) in [5, 5.41) is 3.45. The van der Waals surface area contributed by atoms with E-state index in [1.165, 1.54) is 0 Å². The summed E-state index contributed by atoms with van der Waals surface area (Å²) < 4.78 is 5.70. The lowest BCUT2D eigenvalue weighted by molar-refractivity contribution is -0.156. The first-order chi connectivity index (χ1) is 17.4. The zero-order valence-electron chi connectivity index (χ0n) is 24.5. The molecular formula is C32H48N2O3. The molecule has 1 unspecified atom stereocenters. The molecule has 1 aromatic rings. The third-order valence-electron chi connectivity index (χ3n) is 6.83. The third-order valence-corrected chi connectivity index (χ3v) is 6.83. The Morgan fingerprint density at radius 3 is 2.30 bits per heavy atom. The van der Waals surface area contributed by atoms with E-state index in [1.807, 2.05) is 39.8 Å². The van der Waals surface area contributed by atoms with Crippen molar-refractivity contribution >= 4 is 23.2 Å². The van der Waals surface area contributed by atoms with Crippen molar-refractivity contribution in [2.75, 3.05) is 0 Å². The number of hydrogen-bond acceptors (Lipinski definition) is 5. The van der Waals surface area contributed by atoms with Gasteiger partial charge in [-0.05, 0) is 92.7 Å². The van der Waals surface area contributed by atoms with E-state index in [1.54, 1.807) is 0 Å². The molecule has 37 heavy (non-hydrogen) atoms. The van der Waals surface area contributed by atoms with Crippen molar-refractivity contribution in [3.63, 3.8) is 0 Å². The number of Topliss-reactive ketones (excluding diaryl/α,β-unsaturated/α-hetero) is 1. The molecular weight excluding hydrogens is 460 g/mol. The summed E-state index contributed by atoms with van der Waals surface area (Å²) in [6, 6.07) is 5.94. The number of allylic oxidation sites excluding steroid dienone is 4. The molecule has 0 aliphatic heterocycles. The molecule has 2 rings (SSSR count). The third kappa shape index (κ3) is 9.37. The first kappa shape index (κ1) is 30.7. The summed E-state index contributed by atoms with van der Waals surface area (Å²) in [5.74, 6) is 0.546. The van der Waals surface area contributed by atoms with E-state index < -0.39 is 0 Å². The Kier molecular flexibility index (Phi) is 12.0. The Balaban J connectivity index is 2.28. The van der Waals surface area contributed by atoms with Crippen LogP contribution in [0.4, 0.5) is 5.69 Å². The number of benzene rings is 1. The van der Waals surface area contributed by atoms with E-state index >= 15 is 0 Å². The van der Waals surface area contributed by atoms with E-state index in [-0.39, 0.29) is 35.7 Å². The molecule has 1 N–H and O–H groups in total. The highest BCUT2D eigenvalue weighted by Crippen LogP contribution is 2.26. The van der Waals surface area contributed by atoms with E-state index in [2.05, 4.69) is 58.1 Å². The van der Waals surface area contributed by atoms with Crippen molar-refractivity contribution in [2.24, 2.45) is 22.7 Å². The van der Waals surface area contributed by atoms with Crippen molar-refractivity contribution in [2.45, 2.75) is 107 Å². The lowest BCUT2D eigenvalue weighted by Crippen LogP contribution is -2.41. The lowest BCUT2D eigenvalue weighted by Gasteiger charge is -2.28. The number of aliphatic imine (C=N–C) groups is 1. The maximum Gasteiger partial charge on any atom is 0.323 e. The molecule has 0 aromatic heterocycles. The van der Waals surface area contributed by atoms with Crippen molar-refractivity contribution < 1.29 is 14.3 Å². The molecule has 1 aliphatic rings. The number of nitrogens with zero attached hydrogens (tertiary/aromatic N) is 1. The molecule has 0 spiro atoms. The van der Waals surface area contributed by atoms with Gasteiger partial charge in [0.25, 0.3) is 0 Å². The zero-order chi connectivity index (χ0) is 27.7. The van der Waals surface area contributed by atoms with Gasteiger partial charge in [0, 0.05) is 12.5 Å². The van der Waals surface area contributed by atoms with Crippen LogP contribution in [0.3, 0.4) is 0 Å². The van der Waals surface area contributed by atoms with Crippen LogP contribution in [0.25, 0.3) is 0 Å². The van der Waals surface area contributed by atoms with Crippen LogP contribution in [0.1, 0.15) is 92.2 Å². The summed E-state index contributed by atoms with van der Waals surface area (Å²) in [5.41, 5.74) is 5.73. The number of nitrogens with one attached hydrogen (secondary N) is 1. The average molecular weight is 509 g/mol. The van der Waals surface area contributed by atoms with Gasteiger partial charge in [0.2, 0.25) is 0 Å². The van der Waals surface area contributed by atoms with Crippen molar-refractivity contribution in [3.8, 4) is 0 Å². The molecule has 1 atom stereocenters. The number of rotatable bonds is 13. The number of carbonyl (C=O) groups excluding carboxylic acids is 2. The molecule has 5 heteroatoms. The van der Waals surface area contributed by atoms with Gasteiger partial charge in [-0.25, -0.2) is 0 Å². The highest BCUT2D eigenvalue weighted by atomic mass is 16.5. The number of ketones is 1. The van der Waals surface area contributed by atoms with Gasteiger partial charge in [0.05, 0.1) is 11.4 Å². The van der Waals surface area contributed by atoms with Gasteiger partial charge in [-0.2, -0.15) is 0 Å². The number of aryl methyl sites for hydroxylation is 1. The van der Waals surface area contributed by atoms with Crippen LogP contribution in [-0.4, -0.2) is 29.6 Å². The minimum absolute atomic E-state index is 0.0363. The van der Waals surface area contributed by atoms with Gasteiger partial charge in [0.15, 0.2) is 5.78 Å². The van der Waals surface area contributed by atoms with Crippen LogP contribution in [0.15, 0.2) is 46.5 Å². The van der Waals surface area contributed by atoms with Crippen molar-refractivity contribution in [1.29, 1.82) is 0 Å². The Hall–Kier alpha value is -2.53. The number of esters is 1. The van der Waals surface area contributed by atoms with E-state index in [4.69, 9.17) is 9.73 Å². The molecule has 0 saturated heterocycles. The van der Waals surface area contributed by atoms with Crippen LogP contribution in [0.5, 0.6) is 0 Å². The highest BCUT2D eigenvalue weighted by molar-refractivity contribution is 6.07. The normalized spacial score (nSPS) is 16.4. The Labute approximate surface area is 224 Å². The monoisotopic (exact) mass is 508 g/mol. The number of hydrogen-bond donors (Lipinski definition) is 1. The van der Waals surface area contributed by atoms with Gasteiger partial charge in [0.1, 0.15) is 12.1 Å². The minimum Gasteiger partial charge on any atom is -0.461 e. The predicted octanol–water partition coefficient (Wildman–Crippen LogP) is 7.44. The predicted molar refractivity (Wildman–Crippen MR) is 154 cm³/mol. The van der Waals surface area contributed by atoms with E-state index in [0.29, 0.717) is 12.5 Å². The molecule has 204 valence electrons. The maximum absolute atomic E-state index is 12.8. The lowest BCUT2D eigenvalue weighted by atomic mass is 9.94. The van der Waals surface area contributed by atoms with Crippen LogP contribution in [0, 0.1) is 24.7 Å². The fraction of sp³-hybridized carbons (Fsp3) is 0.594. The van der Waals surface area contributed by atoms with Gasteiger partial charge >= 0.3 is 5.97 Å². The Bertz CT molecular complexity index is 1030. The summed E-state index contributed by atoms with van der Waals surface area (Å²) in [6.45, 7) is 18.8. The van der Waals surface area contributed by atoms with Crippen LogP contribution in [0.2, 0.25) is 0 Å². The van der Waals surface area contributed by atoms with Gasteiger partial charge in [-0.1, -0.05) is 59.8 Å². The van der Waals surface area contributed by atoms with E-state index in [9.17, 15) is 9.59 Å². The first-order valence-corrected chi connectivity index (χ1v) is 13.9. The maximum atomic E-state index is 12.8. The van der Waals surface area contributed by atoms with Gasteiger partial charge < -0.3 is 10.1 Å². The summed E-state index contributed by atoms with van der Waals surface area (Å²) in [4.78, 5) is 30.4. The Morgan fingerprint density at radius 2 is 1.78 bits per heavy atom. The molecule has 1 aromatic carbocycles. The second kappa shape index (κ2) is 14.4. The minimum atomic E-state index is -0.318. The average Bonchev–Trinajstić information content (AvgIpc) is 2.81. The Morgan fingerprint density at radius 1 is 1.11 bits per heavy atom. The van der Waals surface area contributed by atoms with Gasteiger partial charge in [-0.15, -0.1) is 0 Å². The standard InChI is InChI=1S/C32H48N2O3/c1-10-26(17-24(9)31(35)22(6)7)30(21(4)5)34-28-18-25(15-14-23(28)8)19-33-29(16-20(2)3)32(36)37-27-12-11-13-27/h10,14-15,17-18,20-22,27,29,33H,11-13,16,19H2,1-9H3/b24-17-,26-10+,34-30+. The molecule has 0 bridgehead atoms. The van der Waals surface area contributed by atoms with Crippen LogP contribution < -0.4 is 5.32 Å². The SMILES string of the molecule is C/C=C(\C=C(\C)C(=O)C(C)C)C(=N/c1cc(CNC(CC(C)C)C(=O)OC2CCC2)ccc1C)/C(C)C. The van der Waals surface area contributed by atoms with Crippen molar-refractivity contribution in [3.05, 3.63) is 52.6 Å². The quantitative estimate of drug-likeness (QED) is 0.130. The number of ether oxygens (including phenoxy) is 1. The highest BCUT2D eigenvalue weighted by Gasteiger charge is 2.27. The number of carbonyl (C=O) groups is 2. The largest absolute Gasteiger partial charge is 0.461 e. The summed E-state index contributed by atoms with van der Waals surface area (Å²) in [7, 11) is 0. The second-order valence-corrected chi connectivity index (χ2v) is 11.4. The molecule has 0 heterocycles. The molecule has 1 fully saturated rings. The fourth-order valence-electron chi connectivity index (χ4n) is 4.32. The van der Waals surface area contributed by atoms with Crippen LogP contribution >= 0.6 is 0 Å². The summed E-state index contributed by atoms with van der Waals surface area (Å²) >= 11 is 0. The second-order valence-electron chi connectivity index (χ2n) is 11.4. The molecule has 1 aliphatic carbocycles. The zero-order valence-corrected chi connectivity index (χ0v) is 24.5. The van der Waals surface area contributed by atoms with Crippen LogP contribution in [-0.2, 0) is 20.9 Å². The fourth-order valence-corrected chi connectivity index (χ4v) is 4.32.